The van der Waals surface area contributed by atoms with Gasteiger partial charge in [-0.3, -0.25) is 0 Å². The summed E-state index contributed by atoms with van der Waals surface area (Å²) in [5.74, 6) is 0.506. The van der Waals surface area contributed by atoms with E-state index in [2.05, 4.69) is 13.8 Å². The van der Waals surface area contributed by atoms with Crippen LogP contribution < -0.4 is 10.5 Å². The van der Waals surface area contributed by atoms with Gasteiger partial charge in [-0.05, 0) is 30.0 Å². The van der Waals surface area contributed by atoms with Crippen molar-refractivity contribution in [3.8, 4) is 5.75 Å². The Labute approximate surface area is 108 Å². The van der Waals surface area contributed by atoms with E-state index in [1.54, 1.807) is 12.1 Å². The zero-order valence-electron chi connectivity index (χ0n) is 11.1. The van der Waals surface area contributed by atoms with Gasteiger partial charge in [-0.25, -0.2) is 4.39 Å². The minimum Gasteiger partial charge on any atom is -0.488 e. The molecule has 0 bridgehead atoms. The molecule has 0 fully saturated rings. The lowest BCUT2D eigenvalue weighted by atomic mass is 10.1. The van der Waals surface area contributed by atoms with Crippen LogP contribution in [0.5, 0.6) is 5.75 Å². The predicted octanol–water partition coefficient (Wildman–Crippen LogP) is 2.73. The maximum Gasteiger partial charge on any atom is 0.165 e. The molecule has 0 spiro atoms. The van der Waals surface area contributed by atoms with Gasteiger partial charge in [-0.1, -0.05) is 19.9 Å². The van der Waals surface area contributed by atoms with Crippen molar-refractivity contribution in [3.63, 3.8) is 0 Å². The van der Waals surface area contributed by atoms with Gasteiger partial charge in [0.05, 0.1) is 6.61 Å². The van der Waals surface area contributed by atoms with E-state index in [9.17, 15) is 4.39 Å². The lowest BCUT2D eigenvalue weighted by molar-refractivity contribution is 0.0913. The molecule has 0 saturated carbocycles. The van der Waals surface area contributed by atoms with Crippen molar-refractivity contribution in [2.45, 2.75) is 26.8 Å². The maximum atomic E-state index is 13.5. The van der Waals surface area contributed by atoms with Crippen molar-refractivity contribution in [1.29, 1.82) is 0 Å². The molecule has 0 radical (unpaired) electrons. The monoisotopic (exact) mass is 255 g/mol. The maximum absolute atomic E-state index is 13.5. The van der Waals surface area contributed by atoms with E-state index in [4.69, 9.17) is 15.2 Å². The normalized spacial score (nSPS) is 10.9. The highest BCUT2D eigenvalue weighted by Gasteiger charge is 2.04. The Morgan fingerprint density at radius 1 is 1.22 bits per heavy atom. The summed E-state index contributed by atoms with van der Waals surface area (Å²) in [6.07, 6.45) is 1.03. The number of nitrogens with two attached hydrogens (primary N) is 1. The first-order chi connectivity index (χ1) is 8.63. The molecule has 18 heavy (non-hydrogen) atoms. The molecule has 0 heterocycles. The van der Waals surface area contributed by atoms with Gasteiger partial charge in [0.15, 0.2) is 11.6 Å². The van der Waals surface area contributed by atoms with Gasteiger partial charge in [0.1, 0.15) is 6.61 Å². The van der Waals surface area contributed by atoms with Crippen LogP contribution in [0, 0.1) is 11.7 Å². The average molecular weight is 255 g/mol. The Bertz CT molecular complexity index is 356. The van der Waals surface area contributed by atoms with Crippen molar-refractivity contribution in [3.05, 3.63) is 29.6 Å². The third kappa shape index (κ3) is 5.47. The Kier molecular flexibility index (Phi) is 6.68. The van der Waals surface area contributed by atoms with Crippen LogP contribution >= 0.6 is 0 Å². The lowest BCUT2D eigenvalue weighted by Crippen LogP contribution is -2.09. The second-order valence-corrected chi connectivity index (χ2v) is 4.61. The molecule has 4 heteroatoms. The molecule has 0 amide bonds. The van der Waals surface area contributed by atoms with Crippen molar-refractivity contribution >= 4 is 0 Å². The number of benzene rings is 1. The van der Waals surface area contributed by atoms with Crippen LogP contribution in [-0.4, -0.2) is 19.8 Å². The Hall–Kier alpha value is -1.13. The van der Waals surface area contributed by atoms with Gasteiger partial charge >= 0.3 is 0 Å². The molecule has 0 aliphatic carbocycles. The van der Waals surface area contributed by atoms with Gasteiger partial charge in [-0.15, -0.1) is 0 Å². The van der Waals surface area contributed by atoms with Crippen molar-refractivity contribution in [2.75, 3.05) is 19.8 Å². The molecule has 0 aliphatic heterocycles. The standard InChI is InChI=1S/C14H22FNO2/c1-11(2)5-6-17-7-8-18-14-4-3-12(10-16)9-13(14)15/h3-4,9,11H,5-8,10,16H2,1-2H3. The summed E-state index contributed by atoms with van der Waals surface area (Å²) >= 11 is 0. The Morgan fingerprint density at radius 3 is 2.61 bits per heavy atom. The topological polar surface area (TPSA) is 44.5 Å². The van der Waals surface area contributed by atoms with E-state index in [0.29, 0.717) is 25.7 Å². The van der Waals surface area contributed by atoms with Crippen LogP contribution in [0.3, 0.4) is 0 Å². The number of hydrogen-bond donors (Lipinski definition) is 1. The molecular weight excluding hydrogens is 233 g/mol. The first kappa shape index (κ1) is 14.9. The van der Waals surface area contributed by atoms with E-state index in [1.165, 1.54) is 6.07 Å². The molecule has 2 N–H and O–H groups in total. The van der Waals surface area contributed by atoms with Crippen LogP contribution in [0.1, 0.15) is 25.8 Å². The molecule has 3 nitrogen and oxygen atoms in total. The zero-order chi connectivity index (χ0) is 13.4. The third-order valence-electron chi connectivity index (χ3n) is 2.56. The molecule has 0 atom stereocenters. The molecule has 0 unspecified atom stereocenters. The SMILES string of the molecule is CC(C)CCOCCOc1ccc(CN)cc1F. The summed E-state index contributed by atoms with van der Waals surface area (Å²) in [6.45, 7) is 6.18. The molecule has 0 saturated heterocycles. The molecule has 1 aromatic carbocycles. The van der Waals surface area contributed by atoms with Crippen LogP contribution in [0.4, 0.5) is 4.39 Å². The number of hydrogen-bond acceptors (Lipinski definition) is 3. The van der Waals surface area contributed by atoms with Gasteiger partial charge in [0.2, 0.25) is 0 Å². The van der Waals surface area contributed by atoms with Crippen LogP contribution in [0.25, 0.3) is 0 Å². The molecule has 1 rings (SSSR count). The van der Waals surface area contributed by atoms with Crippen molar-refractivity contribution < 1.29 is 13.9 Å². The largest absolute Gasteiger partial charge is 0.488 e. The highest BCUT2D eigenvalue weighted by Crippen LogP contribution is 2.17. The minimum atomic E-state index is -0.375. The fourth-order valence-corrected chi connectivity index (χ4v) is 1.42. The van der Waals surface area contributed by atoms with E-state index in [1.807, 2.05) is 0 Å². The second-order valence-electron chi connectivity index (χ2n) is 4.61. The average Bonchev–Trinajstić information content (AvgIpc) is 2.34. The van der Waals surface area contributed by atoms with Gasteiger partial charge in [-0.2, -0.15) is 0 Å². The van der Waals surface area contributed by atoms with Crippen molar-refractivity contribution in [1.82, 2.24) is 0 Å². The first-order valence-corrected chi connectivity index (χ1v) is 6.32. The smallest absolute Gasteiger partial charge is 0.165 e. The summed E-state index contributed by atoms with van der Waals surface area (Å²) < 4.78 is 24.2. The number of ether oxygens (including phenoxy) is 2. The highest BCUT2D eigenvalue weighted by molar-refractivity contribution is 5.29. The summed E-state index contributed by atoms with van der Waals surface area (Å²) in [6, 6.07) is 4.76. The first-order valence-electron chi connectivity index (χ1n) is 6.32. The summed E-state index contributed by atoms with van der Waals surface area (Å²) in [5.41, 5.74) is 6.18. The molecule has 1 aromatic rings. The van der Waals surface area contributed by atoms with Gasteiger partial charge < -0.3 is 15.2 Å². The summed E-state index contributed by atoms with van der Waals surface area (Å²) in [7, 11) is 0. The number of halogens is 1. The molecule has 0 aliphatic rings. The van der Waals surface area contributed by atoms with Crippen LogP contribution in [-0.2, 0) is 11.3 Å². The van der Waals surface area contributed by atoms with Crippen LogP contribution in [0.15, 0.2) is 18.2 Å². The molecule has 102 valence electrons. The van der Waals surface area contributed by atoms with Gasteiger partial charge in [0, 0.05) is 13.2 Å². The van der Waals surface area contributed by atoms with E-state index < -0.39 is 0 Å². The molecule has 0 aromatic heterocycles. The molecular formula is C14H22FNO2. The number of rotatable bonds is 8. The fourth-order valence-electron chi connectivity index (χ4n) is 1.42. The Morgan fingerprint density at radius 2 is 2.00 bits per heavy atom. The van der Waals surface area contributed by atoms with E-state index in [-0.39, 0.29) is 11.6 Å². The lowest BCUT2D eigenvalue weighted by Gasteiger charge is -2.09. The highest BCUT2D eigenvalue weighted by atomic mass is 19.1. The quantitative estimate of drug-likeness (QED) is 0.726. The second kappa shape index (κ2) is 8.06. The third-order valence-corrected chi connectivity index (χ3v) is 2.56. The van der Waals surface area contributed by atoms with Gasteiger partial charge in [0.25, 0.3) is 0 Å². The summed E-state index contributed by atoms with van der Waals surface area (Å²) in [4.78, 5) is 0. The predicted molar refractivity (Wildman–Crippen MR) is 70.1 cm³/mol. The minimum absolute atomic E-state index is 0.250. The van der Waals surface area contributed by atoms with E-state index in [0.717, 1.165) is 18.6 Å². The van der Waals surface area contributed by atoms with Crippen molar-refractivity contribution in [2.24, 2.45) is 11.7 Å². The Balaban J connectivity index is 2.23. The zero-order valence-corrected chi connectivity index (χ0v) is 11.1. The fraction of sp³-hybridized carbons (Fsp3) is 0.571. The van der Waals surface area contributed by atoms with Crippen LogP contribution in [0.2, 0.25) is 0 Å². The van der Waals surface area contributed by atoms with E-state index >= 15 is 0 Å². The summed E-state index contributed by atoms with van der Waals surface area (Å²) in [5, 5.41) is 0.